The van der Waals surface area contributed by atoms with Gasteiger partial charge in [0.1, 0.15) is 6.23 Å². The Hall–Kier alpha value is -2.98. The van der Waals surface area contributed by atoms with E-state index in [1.807, 2.05) is 35.2 Å². The minimum atomic E-state index is -0.965. The van der Waals surface area contributed by atoms with Crippen LogP contribution in [-0.4, -0.2) is 27.7 Å². The van der Waals surface area contributed by atoms with Crippen molar-refractivity contribution in [3.05, 3.63) is 94.0 Å². The molecule has 0 fully saturated rings. The number of aliphatic hydroxyl groups excluding tert-OH is 1. The fourth-order valence-corrected chi connectivity index (χ4v) is 5.26. The minimum Gasteiger partial charge on any atom is -0.478 e. The van der Waals surface area contributed by atoms with Crippen molar-refractivity contribution in [1.82, 2.24) is 0 Å². The lowest BCUT2D eigenvalue weighted by molar-refractivity contribution is 0.0697. The van der Waals surface area contributed by atoms with Crippen LogP contribution in [0.15, 0.2) is 71.6 Å². The van der Waals surface area contributed by atoms with Gasteiger partial charge in [-0.25, -0.2) is 4.79 Å². The van der Waals surface area contributed by atoms with E-state index < -0.39 is 12.2 Å². The van der Waals surface area contributed by atoms with Gasteiger partial charge in [0, 0.05) is 11.4 Å². The summed E-state index contributed by atoms with van der Waals surface area (Å²) in [5.41, 5.74) is 3.60. The predicted octanol–water partition coefficient (Wildman–Crippen LogP) is 4.95. The summed E-state index contributed by atoms with van der Waals surface area (Å²) in [6, 6.07) is 21.8. The molecule has 1 aliphatic rings. The van der Waals surface area contributed by atoms with Gasteiger partial charge >= 0.3 is 5.97 Å². The van der Waals surface area contributed by atoms with Crippen LogP contribution < -0.4 is 4.90 Å². The van der Waals surface area contributed by atoms with Crippen molar-refractivity contribution < 1.29 is 15.0 Å². The summed E-state index contributed by atoms with van der Waals surface area (Å²) in [4.78, 5) is 13.9. The number of rotatable bonds is 5. The highest BCUT2D eigenvalue weighted by molar-refractivity contribution is 8.00. The third-order valence-corrected chi connectivity index (χ3v) is 7.06. The van der Waals surface area contributed by atoms with Crippen LogP contribution in [0.1, 0.15) is 27.0 Å². The first-order valence-electron chi connectivity index (χ1n) is 9.67. The third kappa shape index (κ3) is 4.54. The third-order valence-electron chi connectivity index (χ3n) is 5.25. The standard InChI is InChI=1S/C24H19ClN2O3S/c25-19-2-1-3-20-22(19)31-21(12-15-8-10-18(11-9-15)24(29)30)23(28)27(20)14-17-6-4-16(13-26)5-7-17/h1-11,21,23,28H,12,14H2,(H,29,30). The van der Waals surface area contributed by atoms with Crippen LogP contribution in [0.4, 0.5) is 5.69 Å². The zero-order valence-electron chi connectivity index (χ0n) is 16.4. The number of benzene rings is 3. The number of hydrogen-bond acceptors (Lipinski definition) is 5. The average molecular weight is 451 g/mol. The molecule has 1 heterocycles. The molecule has 0 saturated carbocycles. The minimum absolute atomic E-state index is 0.193. The molecule has 0 spiro atoms. The van der Waals surface area contributed by atoms with Crippen LogP contribution in [0.3, 0.4) is 0 Å². The summed E-state index contributed by atoms with van der Waals surface area (Å²) in [5, 5.41) is 29.8. The molecular weight excluding hydrogens is 432 g/mol. The molecule has 3 aromatic rings. The Balaban J connectivity index is 1.63. The maximum absolute atomic E-state index is 11.2. The summed E-state index contributed by atoms with van der Waals surface area (Å²) >= 11 is 8.03. The van der Waals surface area contributed by atoms with Crippen molar-refractivity contribution in [2.75, 3.05) is 4.90 Å². The first kappa shape index (κ1) is 21.3. The van der Waals surface area contributed by atoms with E-state index in [0.29, 0.717) is 23.6 Å². The molecule has 2 unspecified atom stereocenters. The van der Waals surface area contributed by atoms with Gasteiger partial charge in [-0.1, -0.05) is 41.9 Å². The van der Waals surface area contributed by atoms with E-state index in [1.165, 1.54) is 11.8 Å². The molecule has 1 aliphatic heterocycles. The van der Waals surface area contributed by atoms with E-state index in [2.05, 4.69) is 6.07 Å². The number of nitriles is 1. The molecule has 7 heteroatoms. The summed E-state index contributed by atoms with van der Waals surface area (Å²) < 4.78 is 0. The second-order valence-corrected chi connectivity index (χ2v) is 8.96. The van der Waals surface area contributed by atoms with E-state index >= 15 is 0 Å². The smallest absolute Gasteiger partial charge is 0.335 e. The average Bonchev–Trinajstić information content (AvgIpc) is 2.78. The number of fused-ring (bicyclic) bond motifs is 1. The van der Waals surface area contributed by atoms with Crippen molar-refractivity contribution in [3.63, 3.8) is 0 Å². The SMILES string of the molecule is N#Cc1ccc(CN2c3cccc(Cl)c3SC(Cc3ccc(C(=O)O)cc3)C2O)cc1. The van der Waals surface area contributed by atoms with Crippen molar-refractivity contribution >= 4 is 35.0 Å². The van der Waals surface area contributed by atoms with Crippen LogP contribution in [0.25, 0.3) is 0 Å². The predicted molar refractivity (Wildman–Crippen MR) is 122 cm³/mol. The molecule has 0 aliphatic carbocycles. The Labute approximate surface area is 189 Å². The van der Waals surface area contributed by atoms with Crippen LogP contribution in [-0.2, 0) is 13.0 Å². The Morgan fingerprint density at radius 1 is 1.06 bits per heavy atom. The highest BCUT2D eigenvalue weighted by atomic mass is 35.5. The van der Waals surface area contributed by atoms with Crippen LogP contribution >= 0.6 is 23.4 Å². The second-order valence-electron chi connectivity index (χ2n) is 7.30. The maximum atomic E-state index is 11.2. The topological polar surface area (TPSA) is 84.6 Å². The van der Waals surface area contributed by atoms with Gasteiger partial charge in [0.15, 0.2) is 0 Å². The monoisotopic (exact) mass is 450 g/mol. The van der Waals surface area contributed by atoms with E-state index in [9.17, 15) is 9.90 Å². The van der Waals surface area contributed by atoms with Gasteiger partial charge in [-0.05, 0) is 53.9 Å². The fraction of sp³-hybridized carbons (Fsp3) is 0.167. The molecule has 0 saturated heterocycles. The Kier molecular flexibility index (Phi) is 6.19. The molecule has 4 rings (SSSR count). The van der Waals surface area contributed by atoms with Crippen molar-refractivity contribution in [3.8, 4) is 6.07 Å². The molecule has 5 nitrogen and oxygen atoms in total. The van der Waals surface area contributed by atoms with Crippen LogP contribution in [0.2, 0.25) is 5.02 Å². The van der Waals surface area contributed by atoms with Crippen molar-refractivity contribution in [2.45, 2.75) is 29.3 Å². The normalized spacial score (nSPS) is 17.6. The molecule has 0 aromatic heterocycles. The summed E-state index contributed by atoms with van der Waals surface area (Å²) in [6.45, 7) is 0.467. The second kappa shape index (κ2) is 9.03. The highest BCUT2D eigenvalue weighted by Gasteiger charge is 2.35. The van der Waals surface area contributed by atoms with Gasteiger partial charge in [-0.2, -0.15) is 5.26 Å². The van der Waals surface area contributed by atoms with Crippen molar-refractivity contribution in [1.29, 1.82) is 5.26 Å². The number of carboxylic acids is 1. The van der Waals surface area contributed by atoms with Crippen LogP contribution in [0, 0.1) is 11.3 Å². The molecule has 31 heavy (non-hydrogen) atoms. The number of aliphatic hydroxyl groups is 1. The molecule has 3 aromatic carbocycles. The first-order chi connectivity index (χ1) is 15.0. The number of thioether (sulfide) groups is 1. The van der Waals surface area contributed by atoms with E-state index in [-0.39, 0.29) is 10.8 Å². The zero-order valence-corrected chi connectivity index (χ0v) is 18.0. The fourth-order valence-electron chi connectivity index (χ4n) is 3.62. The molecule has 2 atom stereocenters. The van der Waals surface area contributed by atoms with Gasteiger partial charge in [0.05, 0.1) is 33.2 Å². The van der Waals surface area contributed by atoms with Gasteiger partial charge in [-0.3, -0.25) is 0 Å². The number of hydrogen-bond donors (Lipinski definition) is 2. The lowest BCUT2D eigenvalue weighted by atomic mass is 10.0. The first-order valence-corrected chi connectivity index (χ1v) is 10.9. The Morgan fingerprint density at radius 3 is 2.39 bits per heavy atom. The molecule has 156 valence electrons. The van der Waals surface area contributed by atoms with Gasteiger partial charge in [-0.15, -0.1) is 11.8 Å². The summed E-state index contributed by atoms with van der Waals surface area (Å²) in [6.07, 6.45) is -0.217. The number of nitrogens with zero attached hydrogens (tertiary/aromatic N) is 2. The van der Waals surface area contributed by atoms with Gasteiger partial charge in [0.25, 0.3) is 0 Å². The lowest BCUT2D eigenvalue weighted by Gasteiger charge is -2.41. The lowest BCUT2D eigenvalue weighted by Crippen LogP contribution is -2.45. The summed E-state index contributed by atoms with van der Waals surface area (Å²) in [7, 11) is 0. The van der Waals surface area contributed by atoms with Crippen molar-refractivity contribution in [2.24, 2.45) is 0 Å². The van der Waals surface area contributed by atoms with Crippen LogP contribution in [0.5, 0.6) is 0 Å². The number of halogens is 1. The molecule has 0 amide bonds. The number of carbonyl (C=O) groups is 1. The summed E-state index contributed by atoms with van der Waals surface area (Å²) in [5.74, 6) is -0.965. The number of carboxylic acid groups (broad SMARTS) is 1. The maximum Gasteiger partial charge on any atom is 0.335 e. The molecule has 2 N–H and O–H groups in total. The number of aromatic carboxylic acids is 1. The molecule has 0 bridgehead atoms. The quantitative estimate of drug-likeness (QED) is 0.572. The van der Waals surface area contributed by atoms with E-state index in [1.54, 1.807) is 36.4 Å². The zero-order chi connectivity index (χ0) is 22.0. The Morgan fingerprint density at radius 2 is 1.74 bits per heavy atom. The van der Waals surface area contributed by atoms with Gasteiger partial charge in [0.2, 0.25) is 0 Å². The largest absolute Gasteiger partial charge is 0.478 e. The number of anilines is 1. The van der Waals surface area contributed by atoms with E-state index in [4.69, 9.17) is 22.0 Å². The molecular formula is C24H19ClN2O3S. The van der Waals surface area contributed by atoms with Gasteiger partial charge < -0.3 is 15.1 Å². The highest BCUT2D eigenvalue weighted by Crippen LogP contribution is 2.46. The van der Waals surface area contributed by atoms with E-state index in [0.717, 1.165) is 21.7 Å². The molecule has 0 radical (unpaired) electrons. The Bertz CT molecular complexity index is 1140.